The van der Waals surface area contributed by atoms with Gasteiger partial charge in [0.15, 0.2) is 0 Å². The number of fused-ring (bicyclic) bond motifs is 9. The van der Waals surface area contributed by atoms with Gasteiger partial charge < -0.3 is 9.13 Å². The lowest BCUT2D eigenvalue weighted by Gasteiger charge is -2.11. The number of hydrogen-bond donors (Lipinski definition) is 0. The van der Waals surface area contributed by atoms with Crippen LogP contribution in [0.4, 0.5) is 0 Å². The van der Waals surface area contributed by atoms with Crippen LogP contribution >= 0.6 is 0 Å². The van der Waals surface area contributed by atoms with Crippen molar-refractivity contribution in [3.8, 4) is 44.8 Å². The summed E-state index contributed by atoms with van der Waals surface area (Å²) in [4.78, 5) is 0. The Labute approximate surface area is 321 Å². The molecule has 0 fully saturated rings. The average Bonchev–Trinajstić information content (AvgIpc) is 3.84. The molecule has 0 unspecified atom stereocenters. The summed E-state index contributed by atoms with van der Waals surface area (Å²) in [5.74, 6) is 0. The maximum atomic E-state index is 2.43. The van der Waals surface area contributed by atoms with E-state index in [0.717, 1.165) is 6.42 Å². The van der Waals surface area contributed by atoms with Gasteiger partial charge in [-0.1, -0.05) is 83.9 Å². The molecule has 1 aliphatic carbocycles. The van der Waals surface area contributed by atoms with E-state index in [1.165, 1.54) is 122 Å². The predicted octanol–water partition coefficient (Wildman–Crippen LogP) is 14.0. The summed E-state index contributed by atoms with van der Waals surface area (Å²) < 4.78 is 4.83. The molecule has 0 spiro atoms. The molecule has 0 atom stereocenters. The summed E-state index contributed by atoms with van der Waals surface area (Å²) in [5.41, 5.74) is 22.9. The van der Waals surface area contributed by atoms with Gasteiger partial charge in [-0.15, -0.1) is 0 Å². The molecule has 2 nitrogen and oxygen atoms in total. The highest BCUT2D eigenvalue weighted by Gasteiger charge is 2.21. The molecule has 2 heteroatoms. The van der Waals surface area contributed by atoms with Gasteiger partial charge in [0.05, 0.1) is 22.1 Å². The first-order valence-electron chi connectivity index (χ1n) is 19.4. The molecule has 262 valence electrons. The summed E-state index contributed by atoms with van der Waals surface area (Å²) in [7, 11) is 0. The van der Waals surface area contributed by atoms with Crippen molar-refractivity contribution in [3.05, 3.63) is 191 Å². The second kappa shape index (κ2) is 11.9. The van der Waals surface area contributed by atoms with E-state index >= 15 is 0 Å². The molecule has 11 rings (SSSR count). The fourth-order valence-electron chi connectivity index (χ4n) is 9.25. The molecule has 0 N–H and O–H groups in total. The number of aromatic nitrogens is 2. The number of rotatable bonds is 4. The van der Waals surface area contributed by atoms with Gasteiger partial charge >= 0.3 is 0 Å². The first-order valence-corrected chi connectivity index (χ1v) is 19.4. The summed E-state index contributed by atoms with van der Waals surface area (Å²) >= 11 is 0. The number of nitrogens with zero attached hydrogens (tertiary/aromatic N) is 2. The minimum Gasteiger partial charge on any atom is -0.309 e. The summed E-state index contributed by atoms with van der Waals surface area (Å²) in [6.07, 6.45) is 0.968. The van der Waals surface area contributed by atoms with E-state index in [1.807, 2.05) is 0 Å². The molecule has 0 bridgehead atoms. The van der Waals surface area contributed by atoms with Crippen LogP contribution in [0.25, 0.3) is 88.4 Å². The Morgan fingerprint density at radius 3 is 1.13 bits per heavy atom. The molecule has 0 amide bonds. The van der Waals surface area contributed by atoms with Gasteiger partial charge in [0.2, 0.25) is 0 Å². The van der Waals surface area contributed by atoms with Crippen molar-refractivity contribution < 1.29 is 0 Å². The molecule has 8 aromatic carbocycles. The van der Waals surface area contributed by atoms with Gasteiger partial charge in [-0.25, -0.2) is 0 Å². The van der Waals surface area contributed by atoms with E-state index in [9.17, 15) is 0 Å². The fraction of sp³-hybridized carbons (Fsp3) is 0.0943. The first kappa shape index (κ1) is 31.8. The van der Waals surface area contributed by atoms with Crippen molar-refractivity contribution in [2.75, 3.05) is 0 Å². The molecule has 2 aromatic heterocycles. The molecule has 2 heterocycles. The van der Waals surface area contributed by atoms with Crippen molar-refractivity contribution in [3.63, 3.8) is 0 Å². The zero-order chi connectivity index (χ0) is 36.9. The third-order valence-corrected chi connectivity index (χ3v) is 11.9. The third kappa shape index (κ3) is 5.02. The minimum absolute atomic E-state index is 0.968. The van der Waals surface area contributed by atoms with Crippen molar-refractivity contribution >= 4 is 43.6 Å². The van der Waals surface area contributed by atoms with Crippen molar-refractivity contribution in [1.82, 2.24) is 9.13 Å². The van der Waals surface area contributed by atoms with Crippen LogP contribution in [0.3, 0.4) is 0 Å². The topological polar surface area (TPSA) is 9.86 Å². The van der Waals surface area contributed by atoms with Gasteiger partial charge in [-0.2, -0.15) is 0 Å². The highest BCUT2D eigenvalue weighted by atomic mass is 15.0. The Kier molecular flexibility index (Phi) is 6.91. The van der Waals surface area contributed by atoms with Gasteiger partial charge in [0.1, 0.15) is 0 Å². The second-order valence-electron chi connectivity index (χ2n) is 15.8. The lowest BCUT2D eigenvalue weighted by Crippen LogP contribution is -1.94. The Bertz CT molecular complexity index is 3000. The Hall–Kier alpha value is -6.64. The Morgan fingerprint density at radius 2 is 0.691 bits per heavy atom. The van der Waals surface area contributed by atoms with Crippen LogP contribution in [0, 0.1) is 27.7 Å². The quantitative estimate of drug-likeness (QED) is 0.173. The van der Waals surface area contributed by atoms with E-state index in [4.69, 9.17) is 0 Å². The molecule has 1 aliphatic rings. The second-order valence-corrected chi connectivity index (χ2v) is 15.8. The van der Waals surface area contributed by atoms with Gasteiger partial charge in [-0.3, -0.25) is 0 Å². The summed E-state index contributed by atoms with van der Waals surface area (Å²) in [6.45, 7) is 8.71. The fourth-order valence-corrected chi connectivity index (χ4v) is 9.25. The molecule has 0 saturated carbocycles. The molecule has 0 radical (unpaired) electrons. The number of benzene rings is 8. The van der Waals surface area contributed by atoms with Crippen LogP contribution in [0.15, 0.2) is 158 Å². The third-order valence-electron chi connectivity index (χ3n) is 11.9. The molecule has 0 aliphatic heterocycles. The molecule has 55 heavy (non-hydrogen) atoms. The standard InChI is InChI=1S/C53H40N2/c1-32-7-5-9-42(23-32)54-50-19-11-34(3)25-46(50)48-30-38(17-21-52(48)54)36-13-15-40-27-41-16-14-37(29-45(41)44(40)28-36)39-18-22-53-49(31-39)47-26-35(4)12-20-51(47)55(53)43-10-6-8-33(2)24-43/h5-26,28-31H,27H2,1-4H3. The smallest absolute Gasteiger partial charge is 0.0541 e. The van der Waals surface area contributed by atoms with Gasteiger partial charge in [0.25, 0.3) is 0 Å². The zero-order valence-corrected chi connectivity index (χ0v) is 31.6. The van der Waals surface area contributed by atoms with Crippen LogP contribution in [0.1, 0.15) is 33.4 Å². The average molecular weight is 705 g/mol. The van der Waals surface area contributed by atoms with Crippen LogP contribution in [-0.4, -0.2) is 9.13 Å². The normalized spacial score (nSPS) is 12.3. The van der Waals surface area contributed by atoms with E-state index < -0.39 is 0 Å². The predicted molar refractivity (Wildman–Crippen MR) is 233 cm³/mol. The molecular weight excluding hydrogens is 665 g/mol. The molecular formula is C53H40N2. The monoisotopic (exact) mass is 704 g/mol. The van der Waals surface area contributed by atoms with Crippen LogP contribution in [0.2, 0.25) is 0 Å². The Balaban J connectivity index is 1.02. The Morgan fingerprint density at radius 1 is 0.327 bits per heavy atom. The zero-order valence-electron chi connectivity index (χ0n) is 31.6. The molecule has 10 aromatic rings. The minimum atomic E-state index is 0.968. The summed E-state index contributed by atoms with van der Waals surface area (Å²) in [6, 6.07) is 59.6. The highest BCUT2D eigenvalue weighted by molar-refractivity contribution is 6.12. The highest BCUT2D eigenvalue weighted by Crippen LogP contribution is 2.43. The van der Waals surface area contributed by atoms with Crippen molar-refractivity contribution in [1.29, 1.82) is 0 Å². The van der Waals surface area contributed by atoms with Gasteiger partial charge in [-0.05, 0) is 175 Å². The SMILES string of the molecule is Cc1cccc(-n2c3ccc(C)cc3c3cc(-c4ccc5c(c4)-c4cc(-c6ccc7c(c6)c6cc(C)ccc6n7-c6cccc(C)c6)ccc4C5)ccc32)c1. The van der Waals surface area contributed by atoms with Crippen molar-refractivity contribution in [2.24, 2.45) is 0 Å². The van der Waals surface area contributed by atoms with E-state index in [0.29, 0.717) is 0 Å². The number of aryl methyl sites for hydroxylation is 4. The van der Waals surface area contributed by atoms with E-state index in [2.05, 4.69) is 195 Å². The first-order chi connectivity index (χ1) is 26.9. The largest absolute Gasteiger partial charge is 0.309 e. The van der Waals surface area contributed by atoms with Crippen molar-refractivity contribution in [2.45, 2.75) is 34.1 Å². The summed E-state index contributed by atoms with van der Waals surface area (Å²) in [5, 5.41) is 5.16. The lowest BCUT2D eigenvalue weighted by molar-refractivity contribution is 1.17. The number of hydrogen-bond acceptors (Lipinski definition) is 0. The van der Waals surface area contributed by atoms with Crippen LogP contribution in [-0.2, 0) is 6.42 Å². The maximum absolute atomic E-state index is 2.43. The van der Waals surface area contributed by atoms with Gasteiger partial charge in [0, 0.05) is 32.9 Å². The van der Waals surface area contributed by atoms with Crippen LogP contribution < -0.4 is 0 Å². The van der Waals surface area contributed by atoms with E-state index in [-0.39, 0.29) is 0 Å². The maximum Gasteiger partial charge on any atom is 0.0541 e. The van der Waals surface area contributed by atoms with Crippen LogP contribution in [0.5, 0.6) is 0 Å². The van der Waals surface area contributed by atoms with E-state index in [1.54, 1.807) is 0 Å². The lowest BCUT2D eigenvalue weighted by atomic mass is 9.95. The molecule has 0 saturated heterocycles.